The van der Waals surface area contributed by atoms with E-state index < -0.39 is 0 Å². The fourth-order valence-electron chi connectivity index (χ4n) is 2.40. The molecule has 5 heteroatoms. The first-order valence-corrected chi connectivity index (χ1v) is 6.28. The highest BCUT2D eigenvalue weighted by Crippen LogP contribution is 2.29. The molecule has 1 fully saturated rings. The van der Waals surface area contributed by atoms with Crippen LogP contribution in [0.4, 0.5) is 5.69 Å². The molecule has 1 aromatic carbocycles. The summed E-state index contributed by atoms with van der Waals surface area (Å²) in [5, 5.41) is 9.16. The zero-order valence-electron chi connectivity index (χ0n) is 10.9. The van der Waals surface area contributed by atoms with Gasteiger partial charge in [0.2, 0.25) is 5.91 Å². The van der Waals surface area contributed by atoms with Crippen LogP contribution in [0.25, 0.3) is 0 Å². The molecule has 0 spiro atoms. The third-order valence-corrected chi connectivity index (χ3v) is 3.56. The predicted octanol–water partition coefficient (Wildman–Crippen LogP) is 1.27. The Bertz CT molecular complexity index is 514. The maximum absolute atomic E-state index is 11.2. The zero-order valence-corrected chi connectivity index (χ0v) is 10.9. The molecule has 1 aromatic rings. The molecule has 1 saturated heterocycles. The van der Waals surface area contributed by atoms with Crippen molar-refractivity contribution in [2.24, 2.45) is 11.7 Å². The van der Waals surface area contributed by atoms with Crippen LogP contribution in [0, 0.1) is 17.2 Å². The topological polar surface area (TPSA) is 79.3 Å². The van der Waals surface area contributed by atoms with Crippen molar-refractivity contribution in [2.75, 3.05) is 25.1 Å². The van der Waals surface area contributed by atoms with E-state index in [-0.39, 0.29) is 11.8 Å². The lowest BCUT2D eigenvalue weighted by atomic mass is 9.95. The normalized spacial score (nSPS) is 15.9. The van der Waals surface area contributed by atoms with Gasteiger partial charge in [-0.05, 0) is 25.0 Å². The van der Waals surface area contributed by atoms with E-state index in [0.29, 0.717) is 5.56 Å². The van der Waals surface area contributed by atoms with Crippen LogP contribution in [0.15, 0.2) is 18.2 Å². The zero-order chi connectivity index (χ0) is 13.8. The number of nitrogens with zero attached hydrogens (tertiary/aromatic N) is 2. The van der Waals surface area contributed by atoms with Gasteiger partial charge in [-0.2, -0.15) is 5.26 Å². The monoisotopic (exact) mass is 259 g/mol. The number of carbonyl (C=O) groups excluding carboxylic acids is 1. The molecule has 19 heavy (non-hydrogen) atoms. The van der Waals surface area contributed by atoms with E-state index in [9.17, 15) is 4.79 Å². The first-order valence-electron chi connectivity index (χ1n) is 6.28. The van der Waals surface area contributed by atoms with Crippen LogP contribution in [-0.2, 0) is 4.79 Å². The Labute approximate surface area is 112 Å². The number of anilines is 1. The smallest absolute Gasteiger partial charge is 0.220 e. The minimum atomic E-state index is -0.231. The van der Waals surface area contributed by atoms with Crippen molar-refractivity contribution in [2.45, 2.75) is 12.8 Å². The quantitative estimate of drug-likeness (QED) is 0.886. The molecule has 0 radical (unpaired) electrons. The lowest BCUT2D eigenvalue weighted by Crippen LogP contribution is -2.38. The van der Waals surface area contributed by atoms with Crippen LogP contribution in [-0.4, -0.2) is 26.1 Å². The highest BCUT2D eigenvalue weighted by atomic mass is 16.5. The number of methoxy groups -OCH3 is 1. The molecule has 0 bridgehead atoms. The molecule has 0 unspecified atom stereocenters. The Balaban J connectivity index is 2.19. The standard InChI is InChI=1S/C14H17N3O2/c1-19-12-3-2-11(9-15)13(8-12)17-6-4-10(5-7-17)14(16)18/h2-3,8,10H,4-7H2,1H3,(H2,16,18). The number of nitrogens with two attached hydrogens (primary N) is 1. The third kappa shape index (κ3) is 2.79. The van der Waals surface area contributed by atoms with E-state index in [1.54, 1.807) is 19.2 Å². The maximum Gasteiger partial charge on any atom is 0.220 e. The van der Waals surface area contributed by atoms with Gasteiger partial charge in [0.05, 0.1) is 18.4 Å². The molecule has 0 atom stereocenters. The largest absolute Gasteiger partial charge is 0.497 e. The second-order valence-electron chi connectivity index (χ2n) is 4.66. The molecule has 2 N–H and O–H groups in total. The molecule has 100 valence electrons. The molecular formula is C14H17N3O2. The first-order chi connectivity index (χ1) is 9.15. The van der Waals surface area contributed by atoms with Crippen molar-refractivity contribution in [1.29, 1.82) is 5.26 Å². The van der Waals surface area contributed by atoms with Gasteiger partial charge in [0, 0.05) is 25.1 Å². The fraction of sp³-hybridized carbons (Fsp3) is 0.429. The van der Waals surface area contributed by atoms with Gasteiger partial charge < -0.3 is 15.4 Å². The molecule has 1 aliphatic heterocycles. The van der Waals surface area contributed by atoms with Gasteiger partial charge in [0.1, 0.15) is 11.8 Å². The Morgan fingerprint density at radius 2 is 2.16 bits per heavy atom. The van der Waals surface area contributed by atoms with Crippen LogP contribution < -0.4 is 15.4 Å². The number of carbonyl (C=O) groups is 1. The Kier molecular flexibility index (Phi) is 3.91. The van der Waals surface area contributed by atoms with Crippen molar-refractivity contribution in [1.82, 2.24) is 0 Å². The van der Waals surface area contributed by atoms with E-state index in [4.69, 9.17) is 15.7 Å². The number of rotatable bonds is 3. The van der Waals surface area contributed by atoms with Crippen molar-refractivity contribution in [3.8, 4) is 11.8 Å². The summed E-state index contributed by atoms with van der Waals surface area (Å²) in [6.45, 7) is 1.46. The number of amides is 1. The highest BCUT2D eigenvalue weighted by molar-refractivity contribution is 5.77. The van der Waals surface area contributed by atoms with Crippen molar-refractivity contribution >= 4 is 11.6 Å². The van der Waals surface area contributed by atoms with E-state index in [1.807, 2.05) is 6.07 Å². The second kappa shape index (κ2) is 5.61. The molecule has 0 saturated carbocycles. The van der Waals surface area contributed by atoms with Gasteiger partial charge in [-0.1, -0.05) is 0 Å². The summed E-state index contributed by atoms with van der Waals surface area (Å²) in [5.41, 5.74) is 6.81. The van der Waals surface area contributed by atoms with Crippen LogP contribution >= 0.6 is 0 Å². The lowest BCUT2D eigenvalue weighted by molar-refractivity contribution is -0.122. The first kappa shape index (κ1) is 13.2. The van der Waals surface area contributed by atoms with Gasteiger partial charge in [-0.25, -0.2) is 0 Å². The van der Waals surface area contributed by atoms with E-state index in [1.165, 1.54) is 0 Å². The van der Waals surface area contributed by atoms with Gasteiger partial charge in [0.15, 0.2) is 0 Å². The van der Waals surface area contributed by atoms with Gasteiger partial charge in [0.25, 0.3) is 0 Å². The summed E-state index contributed by atoms with van der Waals surface area (Å²) in [7, 11) is 1.60. The number of hydrogen-bond acceptors (Lipinski definition) is 4. The highest BCUT2D eigenvalue weighted by Gasteiger charge is 2.24. The van der Waals surface area contributed by atoms with E-state index in [0.717, 1.165) is 37.4 Å². The van der Waals surface area contributed by atoms with Crippen LogP contribution in [0.5, 0.6) is 5.75 Å². The molecular weight excluding hydrogens is 242 g/mol. The maximum atomic E-state index is 11.2. The van der Waals surface area contributed by atoms with Gasteiger partial charge in [-0.15, -0.1) is 0 Å². The summed E-state index contributed by atoms with van der Waals surface area (Å²) < 4.78 is 5.19. The number of primary amides is 1. The van der Waals surface area contributed by atoms with E-state index >= 15 is 0 Å². The van der Waals surface area contributed by atoms with Crippen molar-refractivity contribution < 1.29 is 9.53 Å². The molecule has 0 aliphatic carbocycles. The Hall–Kier alpha value is -2.22. The number of hydrogen-bond donors (Lipinski definition) is 1. The lowest BCUT2D eigenvalue weighted by Gasteiger charge is -2.33. The molecule has 2 rings (SSSR count). The SMILES string of the molecule is COc1ccc(C#N)c(N2CCC(C(N)=O)CC2)c1. The minimum absolute atomic E-state index is 0.0487. The van der Waals surface area contributed by atoms with Crippen LogP contribution in [0.2, 0.25) is 0 Å². The molecule has 5 nitrogen and oxygen atoms in total. The van der Waals surface area contributed by atoms with Gasteiger partial charge >= 0.3 is 0 Å². The summed E-state index contributed by atoms with van der Waals surface area (Å²) in [6, 6.07) is 7.59. The number of ether oxygens (including phenoxy) is 1. The summed E-state index contributed by atoms with van der Waals surface area (Å²) in [4.78, 5) is 13.3. The van der Waals surface area contributed by atoms with Crippen molar-refractivity contribution in [3.63, 3.8) is 0 Å². The molecule has 1 heterocycles. The average Bonchev–Trinajstić information content (AvgIpc) is 2.46. The number of benzene rings is 1. The number of piperidine rings is 1. The third-order valence-electron chi connectivity index (χ3n) is 3.56. The molecule has 1 amide bonds. The number of nitriles is 1. The molecule has 0 aromatic heterocycles. The minimum Gasteiger partial charge on any atom is -0.497 e. The Morgan fingerprint density at radius 3 is 2.68 bits per heavy atom. The Morgan fingerprint density at radius 1 is 1.47 bits per heavy atom. The average molecular weight is 259 g/mol. The summed E-state index contributed by atoms with van der Waals surface area (Å²) in [6.07, 6.45) is 1.47. The van der Waals surface area contributed by atoms with Crippen molar-refractivity contribution in [3.05, 3.63) is 23.8 Å². The van der Waals surface area contributed by atoms with E-state index in [2.05, 4.69) is 11.0 Å². The van der Waals surface area contributed by atoms with Gasteiger partial charge in [-0.3, -0.25) is 4.79 Å². The van der Waals surface area contributed by atoms with Crippen LogP contribution in [0.3, 0.4) is 0 Å². The second-order valence-corrected chi connectivity index (χ2v) is 4.66. The predicted molar refractivity (Wildman–Crippen MR) is 71.8 cm³/mol. The fourth-order valence-corrected chi connectivity index (χ4v) is 2.40. The molecule has 1 aliphatic rings. The summed E-state index contributed by atoms with van der Waals surface area (Å²) >= 11 is 0. The summed E-state index contributed by atoms with van der Waals surface area (Å²) in [5.74, 6) is 0.448. The van der Waals surface area contributed by atoms with Crippen LogP contribution in [0.1, 0.15) is 18.4 Å².